The van der Waals surface area contributed by atoms with Crippen molar-refractivity contribution in [3.63, 3.8) is 0 Å². The van der Waals surface area contributed by atoms with Crippen LogP contribution in [-0.4, -0.2) is 38.2 Å². The highest BCUT2D eigenvalue weighted by atomic mass is 16.5. The van der Waals surface area contributed by atoms with Gasteiger partial charge in [0.1, 0.15) is 5.75 Å². The van der Waals surface area contributed by atoms with E-state index in [1.54, 1.807) is 7.11 Å². The Hall–Kier alpha value is -1.84. The van der Waals surface area contributed by atoms with E-state index in [0.717, 1.165) is 44.8 Å². The lowest BCUT2D eigenvalue weighted by Gasteiger charge is -2.35. The van der Waals surface area contributed by atoms with Gasteiger partial charge >= 0.3 is 0 Å². The molecule has 0 spiro atoms. The van der Waals surface area contributed by atoms with Crippen LogP contribution in [0.5, 0.6) is 5.75 Å². The average Bonchev–Trinajstić information content (AvgIpc) is 2.64. The third kappa shape index (κ3) is 4.34. The zero-order valence-corrected chi connectivity index (χ0v) is 13.9. The lowest BCUT2D eigenvalue weighted by Crippen LogP contribution is -2.45. The molecule has 1 saturated heterocycles. The molecule has 0 bridgehead atoms. The molecule has 23 heavy (non-hydrogen) atoms. The zero-order chi connectivity index (χ0) is 15.9. The molecular weight excluding hydrogens is 284 g/mol. The van der Waals surface area contributed by atoms with Crippen molar-refractivity contribution in [2.75, 3.05) is 33.3 Å². The van der Waals surface area contributed by atoms with Gasteiger partial charge in [0.2, 0.25) is 0 Å². The lowest BCUT2D eigenvalue weighted by atomic mass is 9.97. The van der Waals surface area contributed by atoms with Crippen LogP contribution in [0.15, 0.2) is 54.6 Å². The second-order valence-corrected chi connectivity index (χ2v) is 6.10. The number of nitrogens with zero attached hydrogens (tertiary/aromatic N) is 1. The van der Waals surface area contributed by atoms with E-state index < -0.39 is 0 Å². The predicted octanol–water partition coefficient (Wildman–Crippen LogP) is 3.27. The SMILES string of the molecule is COc1ccc([C@H](CCc2ccccc2)N2CCNCC2)cc1. The lowest BCUT2D eigenvalue weighted by molar-refractivity contribution is 0.165. The number of hydrogen-bond donors (Lipinski definition) is 1. The van der Waals surface area contributed by atoms with Crippen LogP contribution in [0.3, 0.4) is 0 Å². The second-order valence-electron chi connectivity index (χ2n) is 6.10. The number of benzene rings is 2. The average molecular weight is 310 g/mol. The molecule has 1 aliphatic heterocycles. The topological polar surface area (TPSA) is 24.5 Å². The summed E-state index contributed by atoms with van der Waals surface area (Å²) in [6.07, 6.45) is 2.26. The van der Waals surface area contributed by atoms with Crippen molar-refractivity contribution in [3.8, 4) is 5.75 Å². The minimum absolute atomic E-state index is 0.475. The molecular formula is C20H26N2O. The van der Waals surface area contributed by atoms with Crippen molar-refractivity contribution in [1.29, 1.82) is 0 Å². The number of piperazine rings is 1. The maximum absolute atomic E-state index is 5.30. The van der Waals surface area contributed by atoms with Gasteiger partial charge in [0.15, 0.2) is 0 Å². The summed E-state index contributed by atoms with van der Waals surface area (Å²) >= 11 is 0. The Bertz CT molecular complexity index is 576. The van der Waals surface area contributed by atoms with Crippen molar-refractivity contribution in [1.82, 2.24) is 10.2 Å². The molecule has 122 valence electrons. The Morgan fingerprint density at radius 1 is 1.00 bits per heavy atom. The van der Waals surface area contributed by atoms with Gasteiger partial charge in [0.05, 0.1) is 7.11 Å². The van der Waals surface area contributed by atoms with E-state index in [-0.39, 0.29) is 0 Å². The fraction of sp³-hybridized carbons (Fsp3) is 0.400. The molecule has 1 aliphatic rings. The number of methoxy groups -OCH3 is 1. The van der Waals surface area contributed by atoms with E-state index >= 15 is 0 Å². The summed E-state index contributed by atoms with van der Waals surface area (Å²) in [5, 5.41) is 3.45. The maximum Gasteiger partial charge on any atom is 0.118 e. The Kier molecular flexibility index (Phi) is 5.67. The molecule has 3 nitrogen and oxygen atoms in total. The third-order valence-electron chi connectivity index (χ3n) is 4.64. The summed E-state index contributed by atoms with van der Waals surface area (Å²) in [4.78, 5) is 2.61. The standard InChI is InChI=1S/C20H26N2O/c1-23-19-10-8-18(9-11-19)20(22-15-13-21-14-16-22)12-7-17-5-3-2-4-6-17/h2-6,8-11,20-21H,7,12-16H2,1H3/t20-/m0/s1. The highest BCUT2D eigenvalue weighted by molar-refractivity contribution is 5.29. The number of rotatable bonds is 6. The van der Waals surface area contributed by atoms with Gasteiger partial charge < -0.3 is 10.1 Å². The van der Waals surface area contributed by atoms with Crippen LogP contribution in [-0.2, 0) is 6.42 Å². The van der Waals surface area contributed by atoms with E-state index in [9.17, 15) is 0 Å². The molecule has 3 heteroatoms. The van der Waals surface area contributed by atoms with Crippen LogP contribution >= 0.6 is 0 Å². The van der Waals surface area contributed by atoms with Crippen molar-refractivity contribution >= 4 is 0 Å². The molecule has 0 unspecified atom stereocenters. The van der Waals surface area contributed by atoms with Gasteiger partial charge in [-0.3, -0.25) is 4.90 Å². The Labute approximate surface area is 139 Å². The Morgan fingerprint density at radius 2 is 1.70 bits per heavy atom. The number of ether oxygens (including phenoxy) is 1. The van der Waals surface area contributed by atoms with Gasteiger partial charge in [-0.2, -0.15) is 0 Å². The molecule has 0 amide bonds. The Morgan fingerprint density at radius 3 is 2.35 bits per heavy atom. The first-order valence-corrected chi connectivity index (χ1v) is 8.49. The van der Waals surface area contributed by atoms with E-state index in [0.29, 0.717) is 6.04 Å². The molecule has 0 aromatic heterocycles. The smallest absolute Gasteiger partial charge is 0.118 e. The van der Waals surface area contributed by atoms with E-state index in [2.05, 4.69) is 64.8 Å². The quantitative estimate of drug-likeness (QED) is 0.886. The minimum Gasteiger partial charge on any atom is -0.497 e. The first kappa shape index (κ1) is 16.0. The van der Waals surface area contributed by atoms with Crippen molar-refractivity contribution in [3.05, 3.63) is 65.7 Å². The first-order chi connectivity index (χ1) is 11.4. The number of hydrogen-bond acceptors (Lipinski definition) is 3. The van der Waals surface area contributed by atoms with Crippen molar-refractivity contribution in [2.24, 2.45) is 0 Å². The van der Waals surface area contributed by atoms with Crippen molar-refractivity contribution in [2.45, 2.75) is 18.9 Å². The molecule has 0 aliphatic carbocycles. The molecule has 2 aromatic carbocycles. The molecule has 1 fully saturated rings. The van der Waals surface area contributed by atoms with Crippen LogP contribution in [0.2, 0.25) is 0 Å². The summed E-state index contributed by atoms with van der Waals surface area (Å²) in [6, 6.07) is 19.9. The molecule has 1 N–H and O–H groups in total. The monoisotopic (exact) mass is 310 g/mol. The molecule has 0 radical (unpaired) electrons. The first-order valence-electron chi connectivity index (χ1n) is 8.49. The summed E-state index contributed by atoms with van der Waals surface area (Å²) in [5.74, 6) is 0.927. The molecule has 0 saturated carbocycles. The van der Waals surface area contributed by atoms with Gasteiger partial charge in [-0.25, -0.2) is 0 Å². The van der Waals surface area contributed by atoms with Gasteiger partial charge in [0.25, 0.3) is 0 Å². The van der Waals surface area contributed by atoms with Crippen LogP contribution in [0.1, 0.15) is 23.6 Å². The van der Waals surface area contributed by atoms with Gasteiger partial charge in [-0.05, 0) is 36.1 Å². The largest absolute Gasteiger partial charge is 0.497 e. The van der Waals surface area contributed by atoms with E-state index in [4.69, 9.17) is 4.74 Å². The zero-order valence-electron chi connectivity index (χ0n) is 13.9. The molecule has 1 heterocycles. The normalized spacial score (nSPS) is 16.9. The minimum atomic E-state index is 0.475. The Balaban J connectivity index is 1.74. The van der Waals surface area contributed by atoms with Crippen LogP contribution in [0, 0.1) is 0 Å². The molecule has 1 atom stereocenters. The van der Waals surface area contributed by atoms with Crippen LogP contribution in [0.25, 0.3) is 0 Å². The summed E-state index contributed by atoms with van der Waals surface area (Å²) < 4.78 is 5.30. The molecule has 2 aromatic rings. The highest BCUT2D eigenvalue weighted by Gasteiger charge is 2.22. The number of nitrogens with one attached hydrogen (secondary N) is 1. The van der Waals surface area contributed by atoms with Gasteiger partial charge in [0, 0.05) is 32.2 Å². The molecule has 3 rings (SSSR count). The van der Waals surface area contributed by atoms with Crippen molar-refractivity contribution < 1.29 is 4.74 Å². The number of aryl methyl sites for hydroxylation is 1. The van der Waals surface area contributed by atoms with Crippen LogP contribution < -0.4 is 10.1 Å². The fourth-order valence-electron chi connectivity index (χ4n) is 3.33. The summed E-state index contributed by atoms with van der Waals surface area (Å²) in [6.45, 7) is 4.40. The second kappa shape index (κ2) is 8.14. The van der Waals surface area contributed by atoms with Gasteiger partial charge in [-0.15, -0.1) is 0 Å². The predicted molar refractivity (Wildman–Crippen MR) is 94.9 cm³/mol. The fourth-order valence-corrected chi connectivity index (χ4v) is 3.33. The van der Waals surface area contributed by atoms with Crippen LogP contribution in [0.4, 0.5) is 0 Å². The van der Waals surface area contributed by atoms with E-state index in [1.165, 1.54) is 11.1 Å². The van der Waals surface area contributed by atoms with Gasteiger partial charge in [-0.1, -0.05) is 42.5 Å². The maximum atomic E-state index is 5.30. The third-order valence-corrected chi connectivity index (χ3v) is 4.64. The summed E-state index contributed by atoms with van der Waals surface area (Å²) in [5.41, 5.74) is 2.81. The highest BCUT2D eigenvalue weighted by Crippen LogP contribution is 2.28. The van der Waals surface area contributed by atoms with E-state index in [1.807, 2.05) is 0 Å². The summed E-state index contributed by atoms with van der Waals surface area (Å²) in [7, 11) is 1.72.